The van der Waals surface area contributed by atoms with Gasteiger partial charge in [-0.1, -0.05) is 6.92 Å². The highest BCUT2D eigenvalue weighted by Crippen LogP contribution is 2.26. The summed E-state index contributed by atoms with van der Waals surface area (Å²) in [6, 6.07) is 17.1. The van der Waals surface area contributed by atoms with Crippen LogP contribution in [0.5, 0.6) is 11.5 Å². The highest BCUT2D eigenvalue weighted by molar-refractivity contribution is 5.95. The Kier molecular flexibility index (Phi) is 7.95. The largest absolute Gasteiger partial charge is 0.457 e. The standard InChI is InChI=1S/C26H30FN3O2/c1-5-14-30(16-15-29(3)4)26(31)21-17-19(2)28-25(18-21)20-6-10-23(11-7-20)32-24-12-8-22(27)9-13-24/h6-13,17-18H,5,14-16H2,1-4H3. The molecule has 3 rings (SSSR count). The second kappa shape index (κ2) is 10.9. The van der Waals surface area contributed by atoms with E-state index in [0.29, 0.717) is 23.6 Å². The maximum Gasteiger partial charge on any atom is 0.254 e. The monoisotopic (exact) mass is 435 g/mol. The van der Waals surface area contributed by atoms with Crippen LogP contribution in [0.4, 0.5) is 4.39 Å². The Morgan fingerprint density at radius 1 is 0.938 bits per heavy atom. The molecule has 0 saturated heterocycles. The molecule has 1 heterocycles. The molecular weight excluding hydrogens is 405 g/mol. The average molecular weight is 436 g/mol. The van der Waals surface area contributed by atoms with Crippen molar-refractivity contribution in [3.8, 4) is 22.8 Å². The van der Waals surface area contributed by atoms with Crippen LogP contribution in [-0.4, -0.2) is 54.4 Å². The lowest BCUT2D eigenvalue weighted by Crippen LogP contribution is -2.37. The molecule has 0 saturated carbocycles. The van der Waals surface area contributed by atoms with Crippen molar-refractivity contribution in [1.82, 2.24) is 14.8 Å². The number of halogens is 1. The number of ether oxygens (including phenoxy) is 1. The number of aromatic nitrogens is 1. The predicted octanol–water partition coefficient (Wildman–Crippen LogP) is 5.40. The highest BCUT2D eigenvalue weighted by Gasteiger charge is 2.17. The molecule has 0 bridgehead atoms. The van der Waals surface area contributed by atoms with Gasteiger partial charge in [0.25, 0.3) is 5.91 Å². The van der Waals surface area contributed by atoms with Gasteiger partial charge < -0.3 is 14.5 Å². The first-order valence-corrected chi connectivity index (χ1v) is 10.8. The molecule has 0 atom stereocenters. The molecule has 0 N–H and O–H groups in total. The lowest BCUT2D eigenvalue weighted by molar-refractivity contribution is 0.0744. The van der Waals surface area contributed by atoms with E-state index in [1.807, 2.05) is 62.3 Å². The molecule has 2 aromatic carbocycles. The Balaban J connectivity index is 1.79. The normalized spacial score (nSPS) is 10.9. The van der Waals surface area contributed by atoms with Gasteiger partial charge in [-0.2, -0.15) is 0 Å². The van der Waals surface area contributed by atoms with Crippen molar-refractivity contribution < 1.29 is 13.9 Å². The van der Waals surface area contributed by atoms with Crippen LogP contribution >= 0.6 is 0 Å². The van der Waals surface area contributed by atoms with Crippen molar-refractivity contribution >= 4 is 5.91 Å². The van der Waals surface area contributed by atoms with E-state index in [2.05, 4.69) is 16.8 Å². The van der Waals surface area contributed by atoms with Crippen molar-refractivity contribution in [2.45, 2.75) is 20.3 Å². The van der Waals surface area contributed by atoms with Crippen LogP contribution in [0.15, 0.2) is 60.7 Å². The van der Waals surface area contributed by atoms with Crippen molar-refractivity contribution in [1.29, 1.82) is 0 Å². The van der Waals surface area contributed by atoms with E-state index < -0.39 is 0 Å². The van der Waals surface area contributed by atoms with Crippen molar-refractivity contribution in [2.75, 3.05) is 33.7 Å². The molecule has 0 radical (unpaired) electrons. The van der Waals surface area contributed by atoms with Gasteiger partial charge in [0.15, 0.2) is 0 Å². The predicted molar refractivity (Wildman–Crippen MR) is 126 cm³/mol. The third-order valence-electron chi connectivity index (χ3n) is 5.00. The first kappa shape index (κ1) is 23.4. The van der Waals surface area contributed by atoms with Crippen molar-refractivity contribution in [2.24, 2.45) is 0 Å². The van der Waals surface area contributed by atoms with E-state index in [4.69, 9.17) is 4.74 Å². The Morgan fingerprint density at radius 3 is 2.16 bits per heavy atom. The summed E-state index contributed by atoms with van der Waals surface area (Å²) in [6.07, 6.45) is 0.908. The minimum Gasteiger partial charge on any atom is -0.457 e. The summed E-state index contributed by atoms with van der Waals surface area (Å²) >= 11 is 0. The summed E-state index contributed by atoms with van der Waals surface area (Å²) in [7, 11) is 4.01. The first-order valence-electron chi connectivity index (χ1n) is 10.8. The molecule has 0 aliphatic rings. The number of aryl methyl sites for hydroxylation is 1. The van der Waals surface area contributed by atoms with Crippen molar-refractivity contribution in [3.05, 3.63) is 77.7 Å². The fraction of sp³-hybridized carbons (Fsp3) is 0.308. The third-order valence-corrected chi connectivity index (χ3v) is 5.00. The number of amides is 1. The summed E-state index contributed by atoms with van der Waals surface area (Å²) in [5.41, 5.74) is 3.07. The highest BCUT2D eigenvalue weighted by atomic mass is 19.1. The van der Waals surface area contributed by atoms with Crippen LogP contribution in [-0.2, 0) is 0 Å². The second-order valence-corrected chi connectivity index (χ2v) is 8.06. The van der Waals surface area contributed by atoms with Crippen LogP contribution in [0.25, 0.3) is 11.3 Å². The van der Waals surface area contributed by atoms with Gasteiger partial charge in [0.05, 0.1) is 5.69 Å². The number of rotatable bonds is 9. The molecule has 168 valence electrons. The molecule has 6 heteroatoms. The van der Waals surface area contributed by atoms with E-state index in [1.165, 1.54) is 12.1 Å². The molecule has 0 spiro atoms. The summed E-state index contributed by atoms with van der Waals surface area (Å²) in [6.45, 7) is 6.20. The molecule has 1 amide bonds. The number of likely N-dealkylation sites (N-methyl/N-ethyl adjacent to an activating group) is 1. The Bertz CT molecular complexity index is 1030. The van der Waals surface area contributed by atoms with Crippen LogP contribution in [0, 0.1) is 12.7 Å². The molecule has 5 nitrogen and oxygen atoms in total. The fourth-order valence-electron chi connectivity index (χ4n) is 3.36. The summed E-state index contributed by atoms with van der Waals surface area (Å²) in [5.74, 6) is 0.927. The number of carbonyl (C=O) groups is 1. The Labute approximate surface area is 189 Å². The third kappa shape index (κ3) is 6.37. The van der Waals surface area contributed by atoms with Gasteiger partial charge in [0, 0.05) is 36.5 Å². The Morgan fingerprint density at radius 2 is 1.56 bits per heavy atom. The quantitative estimate of drug-likeness (QED) is 0.451. The smallest absolute Gasteiger partial charge is 0.254 e. The molecule has 0 aliphatic heterocycles. The molecule has 32 heavy (non-hydrogen) atoms. The summed E-state index contributed by atoms with van der Waals surface area (Å²) in [5, 5.41) is 0. The molecule has 1 aromatic heterocycles. The van der Waals surface area contributed by atoms with E-state index in [1.54, 1.807) is 12.1 Å². The molecule has 0 aliphatic carbocycles. The number of benzene rings is 2. The number of carbonyl (C=O) groups excluding carboxylic acids is 1. The van der Waals surface area contributed by atoms with Gasteiger partial charge in [-0.05, 0) is 88.1 Å². The summed E-state index contributed by atoms with van der Waals surface area (Å²) < 4.78 is 18.8. The minimum atomic E-state index is -0.303. The van der Waals surface area contributed by atoms with E-state index in [0.717, 1.165) is 36.5 Å². The SMILES string of the molecule is CCCN(CCN(C)C)C(=O)c1cc(C)nc(-c2ccc(Oc3ccc(F)cc3)cc2)c1. The van der Waals surface area contributed by atoms with Gasteiger partial charge in [-0.15, -0.1) is 0 Å². The maximum absolute atomic E-state index is 13.2. The number of hydrogen-bond acceptors (Lipinski definition) is 4. The molecule has 0 fully saturated rings. The Hall–Kier alpha value is -3.25. The molecule has 0 unspecified atom stereocenters. The topological polar surface area (TPSA) is 45.7 Å². The van der Waals surface area contributed by atoms with Crippen LogP contribution in [0.3, 0.4) is 0 Å². The lowest BCUT2D eigenvalue weighted by atomic mass is 10.1. The molecule has 3 aromatic rings. The fourth-order valence-corrected chi connectivity index (χ4v) is 3.36. The van der Waals surface area contributed by atoms with Gasteiger partial charge in [0.1, 0.15) is 17.3 Å². The average Bonchev–Trinajstić information content (AvgIpc) is 2.77. The lowest BCUT2D eigenvalue weighted by Gasteiger charge is -2.24. The van der Waals surface area contributed by atoms with E-state index in [9.17, 15) is 9.18 Å². The summed E-state index contributed by atoms with van der Waals surface area (Å²) in [4.78, 5) is 21.8. The second-order valence-electron chi connectivity index (χ2n) is 8.06. The van der Waals surface area contributed by atoms with Crippen molar-refractivity contribution in [3.63, 3.8) is 0 Å². The van der Waals surface area contributed by atoms with Crippen LogP contribution < -0.4 is 4.74 Å². The zero-order valence-electron chi connectivity index (χ0n) is 19.1. The number of hydrogen-bond donors (Lipinski definition) is 0. The number of pyridine rings is 1. The van der Waals surface area contributed by atoms with Gasteiger partial charge in [-0.3, -0.25) is 9.78 Å². The zero-order valence-corrected chi connectivity index (χ0v) is 19.1. The number of nitrogens with zero attached hydrogens (tertiary/aromatic N) is 3. The van der Waals surface area contributed by atoms with E-state index >= 15 is 0 Å². The first-order chi connectivity index (χ1) is 15.4. The maximum atomic E-state index is 13.2. The van der Waals surface area contributed by atoms with Gasteiger partial charge in [-0.25, -0.2) is 4.39 Å². The van der Waals surface area contributed by atoms with Gasteiger partial charge in [0.2, 0.25) is 0 Å². The van der Waals surface area contributed by atoms with E-state index in [-0.39, 0.29) is 11.7 Å². The van der Waals surface area contributed by atoms with Crippen LogP contribution in [0.2, 0.25) is 0 Å². The minimum absolute atomic E-state index is 0.0247. The zero-order chi connectivity index (χ0) is 23.1. The van der Waals surface area contributed by atoms with Gasteiger partial charge >= 0.3 is 0 Å². The van der Waals surface area contributed by atoms with Crippen LogP contribution in [0.1, 0.15) is 29.4 Å². The molecular formula is C26H30FN3O2.